The third-order valence-electron chi connectivity index (χ3n) is 3.80. The predicted octanol–water partition coefficient (Wildman–Crippen LogP) is 4.27. The Balaban J connectivity index is 2.23. The van der Waals surface area contributed by atoms with Crippen LogP contribution in [0.15, 0.2) is 48.5 Å². The Bertz CT molecular complexity index is 583. The fourth-order valence-electron chi connectivity index (χ4n) is 2.53. The summed E-state index contributed by atoms with van der Waals surface area (Å²) in [4.78, 5) is 0. The van der Waals surface area contributed by atoms with Gasteiger partial charge in [0, 0.05) is 17.9 Å². The molecule has 0 aromatic heterocycles. The molecule has 2 aromatic carbocycles. The SMILES string of the molecule is CCC(O)(Cc1ccccc1)Cc1cc(Cl)ccc1OC. The minimum Gasteiger partial charge on any atom is -0.496 e. The van der Waals surface area contributed by atoms with Crippen LogP contribution in [0.4, 0.5) is 0 Å². The number of hydrogen-bond donors (Lipinski definition) is 1. The normalized spacial score (nSPS) is 13.7. The number of hydrogen-bond acceptors (Lipinski definition) is 2. The Labute approximate surface area is 131 Å². The first kappa shape index (κ1) is 15.9. The summed E-state index contributed by atoms with van der Waals surface area (Å²) in [5.41, 5.74) is 1.26. The fourth-order valence-corrected chi connectivity index (χ4v) is 2.72. The molecule has 2 aromatic rings. The molecule has 0 saturated carbocycles. The van der Waals surface area contributed by atoms with Crippen molar-refractivity contribution in [3.8, 4) is 5.75 Å². The maximum absolute atomic E-state index is 10.9. The van der Waals surface area contributed by atoms with Crippen molar-refractivity contribution in [2.45, 2.75) is 31.8 Å². The molecule has 0 aliphatic heterocycles. The maximum atomic E-state index is 10.9. The van der Waals surface area contributed by atoms with Gasteiger partial charge in [-0.15, -0.1) is 0 Å². The van der Waals surface area contributed by atoms with Gasteiger partial charge in [0.15, 0.2) is 0 Å². The second kappa shape index (κ2) is 6.97. The fraction of sp³-hybridized carbons (Fsp3) is 0.333. The van der Waals surface area contributed by atoms with E-state index in [-0.39, 0.29) is 0 Å². The summed E-state index contributed by atoms with van der Waals surface area (Å²) in [6, 6.07) is 15.5. The van der Waals surface area contributed by atoms with Gasteiger partial charge in [-0.1, -0.05) is 48.9 Å². The molecule has 0 spiro atoms. The highest BCUT2D eigenvalue weighted by Crippen LogP contribution is 2.29. The summed E-state index contributed by atoms with van der Waals surface area (Å²) in [7, 11) is 1.63. The molecule has 2 nitrogen and oxygen atoms in total. The van der Waals surface area contributed by atoms with Crippen LogP contribution < -0.4 is 4.74 Å². The van der Waals surface area contributed by atoms with E-state index in [0.717, 1.165) is 16.9 Å². The molecule has 2 rings (SSSR count). The average molecular weight is 305 g/mol. The van der Waals surface area contributed by atoms with E-state index >= 15 is 0 Å². The van der Waals surface area contributed by atoms with Gasteiger partial charge in [0.25, 0.3) is 0 Å². The van der Waals surface area contributed by atoms with Crippen molar-refractivity contribution in [3.05, 3.63) is 64.7 Å². The largest absolute Gasteiger partial charge is 0.496 e. The average Bonchev–Trinajstić information content (AvgIpc) is 2.48. The first-order valence-corrected chi connectivity index (χ1v) is 7.53. The van der Waals surface area contributed by atoms with Crippen LogP contribution in [0.1, 0.15) is 24.5 Å². The monoisotopic (exact) mass is 304 g/mol. The van der Waals surface area contributed by atoms with Crippen molar-refractivity contribution in [1.29, 1.82) is 0 Å². The summed E-state index contributed by atoms with van der Waals surface area (Å²) in [5, 5.41) is 11.6. The first-order valence-electron chi connectivity index (χ1n) is 7.15. The van der Waals surface area contributed by atoms with Gasteiger partial charge in [-0.3, -0.25) is 0 Å². The lowest BCUT2D eigenvalue weighted by atomic mass is 9.85. The molecule has 3 heteroatoms. The van der Waals surface area contributed by atoms with E-state index in [0.29, 0.717) is 24.3 Å². The zero-order valence-corrected chi connectivity index (χ0v) is 13.2. The number of aliphatic hydroxyl groups is 1. The van der Waals surface area contributed by atoms with Crippen LogP contribution in [0.3, 0.4) is 0 Å². The van der Waals surface area contributed by atoms with Crippen LogP contribution >= 0.6 is 11.6 Å². The van der Waals surface area contributed by atoms with Crippen LogP contribution in [-0.2, 0) is 12.8 Å². The van der Waals surface area contributed by atoms with Crippen LogP contribution in [0.2, 0.25) is 5.02 Å². The van der Waals surface area contributed by atoms with Gasteiger partial charge in [0.05, 0.1) is 12.7 Å². The van der Waals surface area contributed by atoms with E-state index < -0.39 is 5.60 Å². The minimum atomic E-state index is -0.806. The molecule has 0 amide bonds. The Morgan fingerprint density at radius 2 is 1.81 bits per heavy atom. The van der Waals surface area contributed by atoms with Gasteiger partial charge in [-0.2, -0.15) is 0 Å². The highest BCUT2D eigenvalue weighted by atomic mass is 35.5. The molecule has 0 aliphatic carbocycles. The van der Waals surface area contributed by atoms with E-state index in [1.165, 1.54) is 0 Å². The van der Waals surface area contributed by atoms with Crippen molar-refractivity contribution in [2.75, 3.05) is 7.11 Å². The van der Waals surface area contributed by atoms with Gasteiger partial charge in [-0.05, 0) is 35.7 Å². The molecular formula is C18H21ClO2. The summed E-state index contributed by atoms with van der Waals surface area (Å²) in [6.45, 7) is 2.00. The third-order valence-corrected chi connectivity index (χ3v) is 4.03. The zero-order chi connectivity index (χ0) is 15.3. The standard InChI is InChI=1S/C18H21ClO2/c1-3-18(20,12-14-7-5-4-6-8-14)13-15-11-16(19)9-10-17(15)21-2/h4-11,20H,3,12-13H2,1-2H3. The summed E-state index contributed by atoms with van der Waals surface area (Å²) >= 11 is 6.07. The zero-order valence-electron chi connectivity index (χ0n) is 12.5. The molecule has 112 valence electrons. The van der Waals surface area contributed by atoms with Gasteiger partial charge in [-0.25, -0.2) is 0 Å². The molecule has 0 radical (unpaired) electrons. The Hall–Kier alpha value is -1.51. The molecule has 0 fully saturated rings. The van der Waals surface area contributed by atoms with E-state index in [9.17, 15) is 5.11 Å². The molecule has 0 aliphatic rings. The summed E-state index contributed by atoms with van der Waals surface area (Å²) < 4.78 is 5.37. The molecule has 1 unspecified atom stereocenters. The van der Waals surface area contributed by atoms with Crippen molar-refractivity contribution in [3.63, 3.8) is 0 Å². The van der Waals surface area contributed by atoms with E-state index in [2.05, 4.69) is 0 Å². The summed E-state index contributed by atoms with van der Waals surface area (Å²) in [5.74, 6) is 0.763. The number of methoxy groups -OCH3 is 1. The number of rotatable bonds is 6. The van der Waals surface area contributed by atoms with Gasteiger partial charge in [0.2, 0.25) is 0 Å². The number of benzene rings is 2. The second-order valence-electron chi connectivity index (χ2n) is 5.37. The van der Waals surface area contributed by atoms with Crippen LogP contribution in [0, 0.1) is 0 Å². The summed E-state index contributed by atoms with van der Waals surface area (Å²) in [6.07, 6.45) is 1.79. The van der Waals surface area contributed by atoms with Crippen LogP contribution in [-0.4, -0.2) is 17.8 Å². The lowest BCUT2D eigenvalue weighted by molar-refractivity contribution is 0.0363. The Kier molecular flexibility index (Phi) is 5.27. The topological polar surface area (TPSA) is 29.5 Å². The highest BCUT2D eigenvalue weighted by molar-refractivity contribution is 6.30. The van der Waals surface area contributed by atoms with Crippen molar-refractivity contribution in [2.24, 2.45) is 0 Å². The smallest absolute Gasteiger partial charge is 0.122 e. The molecule has 0 saturated heterocycles. The van der Waals surface area contributed by atoms with Gasteiger partial charge >= 0.3 is 0 Å². The number of ether oxygens (including phenoxy) is 1. The molecule has 0 bridgehead atoms. The van der Waals surface area contributed by atoms with E-state index in [1.54, 1.807) is 13.2 Å². The van der Waals surface area contributed by atoms with Crippen molar-refractivity contribution >= 4 is 11.6 Å². The Morgan fingerprint density at radius 3 is 2.43 bits per heavy atom. The molecule has 0 heterocycles. The van der Waals surface area contributed by atoms with Gasteiger partial charge < -0.3 is 9.84 Å². The maximum Gasteiger partial charge on any atom is 0.122 e. The lowest BCUT2D eigenvalue weighted by Gasteiger charge is -2.28. The Morgan fingerprint density at radius 1 is 1.10 bits per heavy atom. The van der Waals surface area contributed by atoms with Gasteiger partial charge in [0.1, 0.15) is 5.75 Å². The van der Waals surface area contributed by atoms with Crippen LogP contribution in [0.25, 0.3) is 0 Å². The third kappa shape index (κ3) is 4.23. The second-order valence-corrected chi connectivity index (χ2v) is 5.81. The molecule has 1 N–H and O–H groups in total. The number of halogens is 1. The van der Waals surface area contributed by atoms with Crippen molar-refractivity contribution < 1.29 is 9.84 Å². The van der Waals surface area contributed by atoms with Crippen molar-refractivity contribution in [1.82, 2.24) is 0 Å². The highest BCUT2D eigenvalue weighted by Gasteiger charge is 2.27. The van der Waals surface area contributed by atoms with E-state index in [4.69, 9.17) is 16.3 Å². The van der Waals surface area contributed by atoms with Crippen LogP contribution in [0.5, 0.6) is 5.75 Å². The minimum absolute atomic E-state index is 0.516. The molecule has 1 atom stereocenters. The van der Waals surface area contributed by atoms with E-state index in [1.807, 2.05) is 49.4 Å². The first-order chi connectivity index (χ1) is 10.1. The molecular weight excluding hydrogens is 284 g/mol. The predicted molar refractivity (Wildman–Crippen MR) is 87.1 cm³/mol. The quantitative estimate of drug-likeness (QED) is 0.863. The lowest BCUT2D eigenvalue weighted by Crippen LogP contribution is -2.33. The molecule has 21 heavy (non-hydrogen) atoms.